The molecule has 1 aromatic carbocycles. The van der Waals surface area contributed by atoms with Gasteiger partial charge < -0.3 is 15.2 Å². The van der Waals surface area contributed by atoms with E-state index in [1.807, 2.05) is 26.0 Å². The maximum Gasteiger partial charge on any atom is 0.259 e. The Balaban J connectivity index is 1.29. The maximum absolute atomic E-state index is 12.4. The average molecular weight is 454 g/mol. The molecular weight excluding hydrogens is 422 g/mol. The fourth-order valence-electron chi connectivity index (χ4n) is 4.09. The fourth-order valence-corrected chi connectivity index (χ4v) is 5.14. The summed E-state index contributed by atoms with van der Waals surface area (Å²) in [6, 6.07) is 8.07. The maximum atomic E-state index is 12.4. The lowest BCUT2D eigenvalue weighted by Gasteiger charge is -2.34. The normalized spacial score (nSPS) is 15.3. The molecule has 3 aromatic rings. The van der Waals surface area contributed by atoms with Crippen molar-refractivity contribution in [1.82, 2.24) is 19.8 Å². The van der Waals surface area contributed by atoms with Crippen molar-refractivity contribution in [2.75, 3.05) is 38.0 Å². The van der Waals surface area contributed by atoms with Gasteiger partial charge in [-0.25, -0.2) is 4.98 Å². The van der Waals surface area contributed by atoms with Gasteiger partial charge in [-0.2, -0.15) is 0 Å². The molecule has 7 nitrogen and oxygen atoms in total. The molecule has 0 spiro atoms. The van der Waals surface area contributed by atoms with Gasteiger partial charge >= 0.3 is 0 Å². The van der Waals surface area contributed by atoms with E-state index in [9.17, 15) is 9.59 Å². The molecule has 1 aliphatic heterocycles. The molecule has 8 heteroatoms. The second-order valence-corrected chi connectivity index (χ2v) is 9.63. The molecule has 1 amide bonds. The van der Waals surface area contributed by atoms with Gasteiger partial charge in [0, 0.05) is 56.1 Å². The van der Waals surface area contributed by atoms with Crippen molar-refractivity contribution in [3.63, 3.8) is 0 Å². The number of likely N-dealkylation sites (N-methyl/N-ethyl adjacent to an activating group) is 1. The van der Waals surface area contributed by atoms with Gasteiger partial charge in [-0.15, -0.1) is 11.3 Å². The number of piperazine rings is 1. The zero-order valence-electron chi connectivity index (χ0n) is 19.0. The SMILES string of the molecule is CCN1CCN(Cc2ccc(NC(=O)CCc3nc4sc(C)c(C)c4c(=O)[nH]3)cc2)CC1. The molecule has 0 bridgehead atoms. The van der Waals surface area contributed by atoms with Gasteiger partial charge in [0.1, 0.15) is 10.7 Å². The third-order valence-corrected chi connectivity index (χ3v) is 7.33. The number of thiophene rings is 1. The molecule has 0 radical (unpaired) electrons. The van der Waals surface area contributed by atoms with Crippen LogP contribution in [-0.2, 0) is 17.8 Å². The smallest absolute Gasteiger partial charge is 0.259 e. The van der Waals surface area contributed by atoms with E-state index in [4.69, 9.17) is 0 Å². The Kier molecular flexibility index (Phi) is 7.03. The molecule has 32 heavy (non-hydrogen) atoms. The third-order valence-electron chi connectivity index (χ3n) is 6.23. The van der Waals surface area contributed by atoms with Crippen molar-refractivity contribution < 1.29 is 4.79 Å². The van der Waals surface area contributed by atoms with Crippen molar-refractivity contribution >= 4 is 33.1 Å². The van der Waals surface area contributed by atoms with Crippen LogP contribution in [0.1, 0.15) is 35.2 Å². The Labute approximate surface area is 192 Å². The molecule has 2 aromatic heterocycles. The molecule has 0 atom stereocenters. The lowest BCUT2D eigenvalue weighted by molar-refractivity contribution is -0.116. The summed E-state index contributed by atoms with van der Waals surface area (Å²) >= 11 is 1.52. The summed E-state index contributed by atoms with van der Waals surface area (Å²) in [5, 5.41) is 3.61. The molecule has 4 rings (SSSR count). The molecule has 0 aliphatic carbocycles. The summed E-state index contributed by atoms with van der Waals surface area (Å²) in [4.78, 5) is 39.0. The standard InChI is InChI=1S/C24H31N5O2S/c1-4-28-11-13-29(14-12-28)15-18-5-7-19(8-6-18)25-21(30)10-9-20-26-23(31)22-16(2)17(3)32-24(22)27-20/h5-8H,4,9-15H2,1-3H3,(H,25,30)(H,26,27,31). The van der Waals surface area contributed by atoms with Crippen LogP contribution >= 0.6 is 11.3 Å². The summed E-state index contributed by atoms with van der Waals surface area (Å²) in [6.45, 7) is 12.7. The van der Waals surface area contributed by atoms with Gasteiger partial charge in [0.2, 0.25) is 5.91 Å². The van der Waals surface area contributed by atoms with E-state index in [2.05, 4.69) is 44.1 Å². The molecule has 1 aliphatic rings. The van der Waals surface area contributed by atoms with Gasteiger partial charge in [0.25, 0.3) is 5.56 Å². The molecule has 0 saturated carbocycles. The number of nitrogens with one attached hydrogen (secondary N) is 2. The van der Waals surface area contributed by atoms with Gasteiger partial charge in [0.15, 0.2) is 0 Å². The number of aromatic nitrogens is 2. The lowest BCUT2D eigenvalue weighted by Crippen LogP contribution is -2.45. The van der Waals surface area contributed by atoms with E-state index in [0.717, 1.165) is 60.2 Å². The monoisotopic (exact) mass is 453 g/mol. The summed E-state index contributed by atoms with van der Waals surface area (Å²) in [5.74, 6) is 0.465. The first kappa shape index (κ1) is 22.6. The summed E-state index contributed by atoms with van der Waals surface area (Å²) in [6.07, 6.45) is 0.663. The van der Waals surface area contributed by atoms with Gasteiger partial charge in [-0.05, 0) is 43.7 Å². The molecule has 0 unspecified atom stereocenters. The predicted molar refractivity (Wildman–Crippen MR) is 130 cm³/mol. The fraction of sp³-hybridized carbons (Fsp3) is 0.458. The van der Waals surface area contributed by atoms with Crippen LogP contribution < -0.4 is 10.9 Å². The zero-order chi connectivity index (χ0) is 22.7. The highest BCUT2D eigenvalue weighted by Gasteiger charge is 2.16. The van der Waals surface area contributed by atoms with Crippen LogP contribution in [0.25, 0.3) is 10.2 Å². The van der Waals surface area contributed by atoms with Crippen molar-refractivity contribution in [3.05, 3.63) is 56.4 Å². The number of hydrogen-bond donors (Lipinski definition) is 2. The van der Waals surface area contributed by atoms with Crippen LogP contribution in [0.15, 0.2) is 29.1 Å². The number of aryl methyl sites for hydroxylation is 3. The van der Waals surface area contributed by atoms with Gasteiger partial charge in [0.05, 0.1) is 5.39 Å². The quantitative estimate of drug-likeness (QED) is 0.574. The first-order chi connectivity index (χ1) is 15.4. The average Bonchev–Trinajstić information content (AvgIpc) is 3.08. The first-order valence-corrected chi connectivity index (χ1v) is 12.1. The lowest BCUT2D eigenvalue weighted by atomic mass is 10.1. The number of anilines is 1. The minimum Gasteiger partial charge on any atom is -0.326 e. The van der Waals surface area contributed by atoms with E-state index < -0.39 is 0 Å². The van der Waals surface area contributed by atoms with Crippen LogP contribution in [0.5, 0.6) is 0 Å². The minimum absolute atomic E-state index is 0.0882. The van der Waals surface area contributed by atoms with Gasteiger partial charge in [-0.3, -0.25) is 14.5 Å². The van der Waals surface area contributed by atoms with Crippen molar-refractivity contribution in [3.8, 4) is 0 Å². The number of H-pyrrole nitrogens is 1. The Morgan fingerprint density at radius 1 is 1.12 bits per heavy atom. The highest BCUT2D eigenvalue weighted by Crippen LogP contribution is 2.25. The number of benzene rings is 1. The second kappa shape index (κ2) is 9.94. The number of amides is 1. The van der Waals surface area contributed by atoms with Gasteiger partial charge in [-0.1, -0.05) is 19.1 Å². The van der Waals surface area contributed by atoms with Crippen LogP contribution in [0.2, 0.25) is 0 Å². The number of rotatable bonds is 7. The molecule has 2 N–H and O–H groups in total. The summed E-state index contributed by atoms with van der Waals surface area (Å²) < 4.78 is 0. The number of nitrogens with zero attached hydrogens (tertiary/aromatic N) is 3. The zero-order valence-corrected chi connectivity index (χ0v) is 19.8. The predicted octanol–water partition coefficient (Wildman–Crippen LogP) is 3.31. The van der Waals surface area contributed by atoms with Crippen molar-refractivity contribution in [2.45, 2.75) is 40.2 Å². The van der Waals surface area contributed by atoms with Crippen LogP contribution in [-0.4, -0.2) is 58.4 Å². The number of carbonyl (C=O) groups is 1. The van der Waals surface area contributed by atoms with E-state index in [0.29, 0.717) is 17.6 Å². The molecule has 1 fully saturated rings. The number of hydrogen-bond acceptors (Lipinski definition) is 6. The second-order valence-electron chi connectivity index (χ2n) is 8.43. The minimum atomic E-state index is -0.126. The molecule has 3 heterocycles. The van der Waals surface area contributed by atoms with Crippen molar-refractivity contribution in [2.24, 2.45) is 0 Å². The number of aromatic amines is 1. The molecule has 1 saturated heterocycles. The Hall–Kier alpha value is -2.55. The summed E-state index contributed by atoms with van der Waals surface area (Å²) in [5.41, 5.74) is 2.90. The Morgan fingerprint density at radius 2 is 1.81 bits per heavy atom. The third kappa shape index (κ3) is 5.26. The largest absolute Gasteiger partial charge is 0.326 e. The van der Waals surface area contributed by atoms with E-state index in [1.165, 1.54) is 16.9 Å². The molecule has 170 valence electrons. The first-order valence-electron chi connectivity index (χ1n) is 11.3. The van der Waals surface area contributed by atoms with E-state index in [1.54, 1.807) is 0 Å². The highest BCUT2D eigenvalue weighted by molar-refractivity contribution is 7.18. The summed E-state index contributed by atoms with van der Waals surface area (Å²) in [7, 11) is 0. The Bertz CT molecular complexity index is 1140. The number of fused-ring (bicyclic) bond motifs is 1. The van der Waals surface area contributed by atoms with Crippen LogP contribution in [0, 0.1) is 13.8 Å². The van der Waals surface area contributed by atoms with E-state index in [-0.39, 0.29) is 17.9 Å². The van der Waals surface area contributed by atoms with Crippen LogP contribution in [0.3, 0.4) is 0 Å². The highest BCUT2D eigenvalue weighted by atomic mass is 32.1. The van der Waals surface area contributed by atoms with Crippen LogP contribution in [0.4, 0.5) is 5.69 Å². The molecular formula is C24H31N5O2S. The number of carbonyl (C=O) groups excluding carboxylic acids is 1. The topological polar surface area (TPSA) is 81.3 Å². The van der Waals surface area contributed by atoms with Crippen molar-refractivity contribution in [1.29, 1.82) is 0 Å². The Morgan fingerprint density at radius 3 is 2.50 bits per heavy atom. The van der Waals surface area contributed by atoms with E-state index >= 15 is 0 Å².